The minimum Gasteiger partial charge on any atom is -0.394 e. The van der Waals surface area contributed by atoms with E-state index in [9.17, 15) is 5.11 Å². The fourth-order valence-electron chi connectivity index (χ4n) is 3.39. The van der Waals surface area contributed by atoms with Gasteiger partial charge in [-0.1, -0.05) is 13.8 Å². The van der Waals surface area contributed by atoms with Crippen molar-refractivity contribution in [2.75, 3.05) is 6.61 Å². The van der Waals surface area contributed by atoms with Crippen LogP contribution in [0.2, 0.25) is 0 Å². The van der Waals surface area contributed by atoms with Crippen molar-refractivity contribution in [1.82, 2.24) is 14.9 Å². The van der Waals surface area contributed by atoms with Gasteiger partial charge in [-0.3, -0.25) is 0 Å². The summed E-state index contributed by atoms with van der Waals surface area (Å²) < 4.78 is 2.29. The van der Waals surface area contributed by atoms with E-state index in [0.717, 1.165) is 25.0 Å². The normalized spacial score (nSPS) is 28.0. The van der Waals surface area contributed by atoms with Gasteiger partial charge in [-0.05, 0) is 39.5 Å². The molecule has 0 bridgehead atoms. The molecule has 2 N–H and O–H groups in total. The first-order valence-electron chi connectivity index (χ1n) is 7.36. The molecule has 19 heavy (non-hydrogen) atoms. The minimum absolute atomic E-state index is 0.123. The molecule has 1 aromatic rings. The molecule has 1 fully saturated rings. The lowest BCUT2D eigenvalue weighted by Crippen LogP contribution is -2.54. The van der Waals surface area contributed by atoms with Gasteiger partial charge in [0.15, 0.2) is 0 Å². The molecule has 1 saturated carbocycles. The van der Waals surface area contributed by atoms with Crippen LogP contribution in [0.1, 0.15) is 57.0 Å². The van der Waals surface area contributed by atoms with Crippen LogP contribution in [0, 0.1) is 13.8 Å². The molecule has 4 heteroatoms. The Hall–Kier alpha value is -0.870. The Morgan fingerprint density at radius 1 is 1.53 bits per heavy atom. The van der Waals surface area contributed by atoms with Gasteiger partial charge in [-0.15, -0.1) is 0 Å². The molecule has 0 aromatic carbocycles. The fourth-order valence-corrected chi connectivity index (χ4v) is 3.39. The average Bonchev–Trinajstić information content (AvgIpc) is 2.69. The van der Waals surface area contributed by atoms with Crippen molar-refractivity contribution in [1.29, 1.82) is 0 Å². The van der Waals surface area contributed by atoms with E-state index in [4.69, 9.17) is 0 Å². The van der Waals surface area contributed by atoms with Crippen molar-refractivity contribution in [2.24, 2.45) is 0 Å². The molecule has 2 rings (SSSR count). The van der Waals surface area contributed by atoms with E-state index >= 15 is 0 Å². The van der Waals surface area contributed by atoms with Gasteiger partial charge in [-0.2, -0.15) is 0 Å². The second-order valence-corrected chi connectivity index (χ2v) is 6.31. The van der Waals surface area contributed by atoms with E-state index in [1.54, 1.807) is 0 Å². The summed E-state index contributed by atoms with van der Waals surface area (Å²) in [7, 11) is 0. The highest BCUT2D eigenvalue weighted by Crippen LogP contribution is 2.36. The van der Waals surface area contributed by atoms with E-state index in [-0.39, 0.29) is 12.1 Å². The first-order chi connectivity index (χ1) is 8.97. The zero-order valence-corrected chi connectivity index (χ0v) is 12.6. The predicted molar refractivity (Wildman–Crippen MR) is 77.3 cm³/mol. The van der Waals surface area contributed by atoms with Gasteiger partial charge in [0.2, 0.25) is 0 Å². The number of hydrogen-bond donors (Lipinski definition) is 2. The highest BCUT2D eigenvalue weighted by molar-refractivity contribution is 5.11. The summed E-state index contributed by atoms with van der Waals surface area (Å²) in [6, 6.07) is 0.852. The number of aliphatic hydroxyl groups excluding tert-OH is 1. The van der Waals surface area contributed by atoms with Crippen molar-refractivity contribution < 1.29 is 5.11 Å². The number of hydrogen-bond acceptors (Lipinski definition) is 3. The van der Waals surface area contributed by atoms with E-state index in [2.05, 4.69) is 42.6 Å². The topological polar surface area (TPSA) is 50.1 Å². The second-order valence-electron chi connectivity index (χ2n) is 6.31. The number of nitrogens with one attached hydrogen (secondary N) is 1. The molecule has 1 aliphatic rings. The van der Waals surface area contributed by atoms with Crippen molar-refractivity contribution in [2.45, 2.75) is 71.0 Å². The van der Waals surface area contributed by atoms with Gasteiger partial charge in [0.1, 0.15) is 0 Å². The summed E-state index contributed by atoms with van der Waals surface area (Å²) in [5.41, 5.74) is 2.24. The molecule has 108 valence electrons. The number of aromatic nitrogens is 2. The Kier molecular flexibility index (Phi) is 4.31. The monoisotopic (exact) mass is 265 g/mol. The molecule has 1 aromatic heterocycles. The van der Waals surface area contributed by atoms with Crippen LogP contribution >= 0.6 is 0 Å². The molecule has 4 nitrogen and oxygen atoms in total. The van der Waals surface area contributed by atoms with Crippen molar-refractivity contribution in [3.05, 3.63) is 17.7 Å². The molecule has 0 aliphatic heterocycles. The first-order valence-corrected chi connectivity index (χ1v) is 7.36. The maximum Gasteiger partial charge on any atom is 0.0954 e. The van der Waals surface area contributed by atoms with Crippen molar-refractivity contribution >= 4 is 0 Å². The van der Waals surface area contributed by atoms with Gasteiger partial charge in [-0.25, -0.2) is 4.98 Å². The van der Waals surface area contributed by atoms with E-state index < -0.39 is 0 Å². The Morgan fingerprint density at radius 3 is 2.79 bits per heavy atom. The Balaban J connectivity index is 2.18. The molecule has 0 saturated heterocycles. The zero-order valence-electron chi connectivity index (χ0n) is 12.6. The summed E-state index contributed by atoms with van der Waals surface area (Å²) in [6.07, 6.45) is 6.33. The molecule has 1 aliphatic carbocycles. The number of aliphatic hydroxyl groups is 1. The predicted octanol–water partition coefficient (Wildman–Crippen LogP) is 2.34. The van der Waals surface area contributed by atoms with Gasteiger partial charge in [0.25, 0.3) is 0 Å². The molecular formula is C15H27N3O. The maximum atomic E-state index is 9.84. The third kappa shape index (κ3) is 3.00. The fraction of sp³-hybridized carbons (Fsp3) is 0.800. The SMILES string of the molecule is Cc1ncn(C2CCCC(CO)(NC(C)C)C2)c1C. The molecule has 2 atom stereocenters. The lowest BCUT2D eigenvalue weighted by Gasteiger charge is -2.42. The molecule has 0 spiro atoms. The summed E-state index contributed by atoms with van der Waals surface area (Å²) in [4.78, 5) is 4.41. The minimum atomic E-state index is -0.123. The largest absolute Gasteiger partial charge is 0.394 e. The van der Waals surface area contributed by atoms with Crippen molar-refractivity contribution in [3.8, 4) is 0 Å². The van der Waals surface area contributed by atoms with E-state index in [1.165, 1.54) is 12.1 Å². The van der Waals surface area contributed by atoms with Crippen LogP contribution in [0.4, 0.5) is 0 Å². The number of rotatable bonds is 4. The van der Waals surface area contributed by atoms with Crippen LogP contribution in [0.5, 0.6) is 0 Å². The summed E-state index contributed by atoms with van der Waals surface area (Å²) in [5.74, 6) is 0. The Bertz CT molecular complexity index is 427. The third-order valence-electron chi connectivity index (χ3n) is 4.40. The molecular weight excluding hydrogens is 238 g/mol. The van der Waals surface area contributed by atoms with E-state index in [1.807, 2.05) is 6.33 Å². The standard InChI is InChI=1S/C15H27N3O/c1-11(2)17-15(9-19)7-5-6-14(8-15)18-10-16-12(3)13(18)4/h10-11,14,17,19H,5-9H2,1-4H3. The highest BCUT2D eigenvalue weighted by atomic mass is 16.3. The zero-order chi connectivity index (χ0) is 14.0. The van der Waals surface area contributed by atoms with E-state index in [0.29, 0.717) is 12.1 Å². The lowest BCUT2D eigenvalue weighted by molar-refractivity contribution is 0.0899. The van der Waals surface area contributed by atoms with Crippen LogP contribution < -0.4 is 5.32 Å². The molecule has 0 radical (unpaired) electrons. The summed E-state index contributed by atoms with van der Waals surface area (Å²) in [6.45, 7) is 8.70. The van der Waals surface area contributed by atoms with Gasteiger partial charge in [0.05, 0.1) is 18.6 Å². The first kappa shape index (κ1) is 14.5. The second kappa shape index (κ2) is 5.63. The molecule has 1 heterocycles. The number of imidazole rings is 1. The van der Waals surface area contributed by atoms with Crippen LogP contribution in [0.25, 0.3) is 0 Å². The number of aryl methyl sites for hydroxylation is 1. The average molecular weight is 265 g/mol. The van der Waals surface area contributed by atoms with Crippen LogP contribution in [-0.4, -0.2) is 32.8 Å². The third-order valence-corrected chi connectivity index (χ3v) is 4.40. The van der Waals surface area contributed by atoms with Gasteiger partial charge < -0.3 is 15.0 Å². The van der Waals surface area contributed by atoms with Crippen molar-refractivity contribution in [3.63, 3.8) is 0 Å². The summed E-state index contributed by atoms with van der Waals surface area (Å²) >= 11 is 0. The van der Waals surface area contributed by atoms with Crippen LogP contribution in [-0.2, 0) is 0 Å². The highest BCUT2D eigenvalue weighted by Gasteiger charge is 2.37. The molecule has 2 unspecified atom stereocenters. The maximum absolute atomic E-state index is 9.84. The Morgan fingerprint density at radius 2 is 2.26 bits per heavy atom. The quantitative estimate of drug-likeness (QED) is 0.878. The molecule has 0 amide bonds. The number of nitrogens with zero attached hydrogens (tertiary/aromatic N) is 2. The van der Waals surface area contributed by atoms with Gasteiger partial charge >= 0.3 is 0 Å². The van der Waals surface area contributed by atoms with Crippen LogP contribution in [0.3, 0.4) is 0 Å². The van der Waals surface area contributed by atoms with Gasteiger partial charge in [0, 0.05) is 23.3 Å². The van der Waals surface area contributed by atoms with Crippen LogP contribution in [0.15, 0.2) is 6.33 Å². The summed E-state index contributed by atoms with van der Waals surface area (Å²) in [5, 5.41) is 13.4. The smallest absolute Gasteiger partial charge is 0.0954 e. The Labute approximate surface area is 116 Å². The lowest BCUT2D eigenvalue weighted by atomic mass is 9.78.